The van der Waals surface area contributed by atoms with Crippen LogP contribution in [0.5, 0.6) is 0 Å². The van der Waals surface area contributed by atoms with E-state index in [9.17, 15) is 29.2 Å². The summed E-state index contributed by atoms with van der Waals surface area (Å²) in [5.41, 5.74) is 1.63. The van der Waals surface area contributed by atoms with Crippen molar-refractivity contribution in [2.45, 2.75) is 52.2 Å². The van der Waals surface area contributed by atoms with E-state index < -0.39 is 41.2 Å². The highest BCUT2D eigenvalue weighted by molar-refractivity contribution is 6.02. The van der Waals surface area contributed by atoms with E-state index in [4.69, 9.17) is 4.74 Å². The molecule has 11 heteroatoms. The molecule has 0 aliphatic carbocycles. The van der Waals surface area contributed by atoms with Crippen LogP contribution in [-0.4, -0.2) is 72.0 Å². The minimum atomic E-state index is -1.49. The van der Waals surface area contributed by atoms with Gasteiger partial charge in [-0.15, -0.1) is 0 Å². The smallest absolute Gasteiger partial charge is 0.273 e. The van der Waals surface area contributed by atoms with E-state index in [1.165, 1.54) is 7.05 Å². The number of amides is 5. The van der Waals surface area contributed by atoms with Gasteiger partial charge in [0.1, 0.15) is 12.1 Å². The molecular formula is C28H36N4O7. The van der Waals surface area contributed by atoms with Gasteiger partial charge in [-0.05, 0) is 28.2 Å². The van der Waals surface area contributed by atoms with Crippen LogP contribution in [-0.2, 0) is 35.1 Å². The maximum Gasteiger partial charge on any atom is 0.273 e. The molecule has 4 N–H and O–H groups in total. The number of carbonyl (C=O) groups excluding carboxylic acids is 5. The van der Waals surface area contributed by atoms with Crippen LogP contribution in [0.4, 0.5) is 0 Å². The van der Waals surface area contributed by atoms with Gasteiger partial charge in [-0.25, -0.2) is 5.48 Å². The summed E-state index contributed by atoms with van der Waals surface area (Å²) in [6.07, 6.45) is -1.22. The molecule has 2 aromatic carbocycles. The van der Waals surface area contributed by atoms with E-state index in [1.54, 1.807) is 26.3 Å². The zero-order valence-corrected chi connectivity index (χ0v) is 22.7. The zero-order chi connectivity index (χ0) is 28.7. The van der Waals surface area contributed by atoms with E-state index in [-0.39, 0.29) is 44.2 Å². The van der Waals surface area contributed by atoms with Crippen molar-refractivity contribution >= 4 is 40.3 Å². The fraction of sp³-hybridized carbons (Fsp3) is 0.464. The van der Waals surface area contributed by atoms with Crippen LogP contribution in [0.2, 0.25) is 0 Å². The van der Waals surface area contributed by atoms with Crippen LogP contribution in [0.1, 0.15) is 39.2 Å². The van der Waals surface area contributed by atoms with Crippen molar-refractivity contribution < 1.29 is 33.9 Å². The molecule has 0 saturated carbocycles. The Labute approximate surface area is 227 Å². The molecule has 210 valence electrons. The number of benzene rings is 2. The maximum absolute atomic E-state index is 13.7. The number of nitrogens with zero attached hydrogens (tertiary/aromatic N) is 1. The first-order valence-corrected chi connectivity index (χ1v) is 12.8. The molecule has 0 bridgehead atoms. The van der Waals surface area contributed by atoms with Crippen molar-refractivity contribution in [1.82, 2.24) is 21.0 Å². The van der Waals surface area contributed by atoms with Gasteiger partial charge in [0.15, 0.2) is 0 Å². The van der Waals surface area contributed by atoms with Crippen molar-refractivity contribution in [2.75, 3.05) is 20.2 Å². The highest BCUT2D eigenvalue weighted by Gasteiger charge is 2.40. The van der Waals surface area contributed by atoms with Gasteiger partial charge in [-0.1, -0.05) is 63.2 Å². The number of likely N-dealkylation sites (tertiary alicyclic amines) is 1. The Balaban J connectivity index is 1.92. The third kappa shape index (κ3) is 7.39. The molecule has 1 saturated heterocycles. The minimum Gasteiger partial charge on any atom is -0.366 e. The Morgan fingerprint density at radius 2 is 1.62 bits per heavy atom. The standard InChI is InChI=1S/C28H36N4O7/c1-28(2,3)24(27(37)29-4)30-25(35)20(16-17-9-10-18-7-5-6-8-19(18)15-17)23(26(36)31-38)39-14-13-32-21(33)11-12-22(32)34/h5-10,15,20,23-24,38H,11-14,16H2,1-4H3,(H,29,37)(H,30,35)(H,31,36)/t20-,23+,24-/m1/s1. The normalized spacial score (nSPS) is 16.1. The largest absolute Gasteiger partial charge is 0.366 e. The number of ether oxygens (including phenoxy) is 1. The first kappa shape index (κ1) is 29.7. The second-order valence-corrected chi connectivity index (χ2v) is 10.6. The number of hydrogen-bond donors (Lipinski definition) is 4. The average molecular weight is 541 g/mol. The monoisotopic (exact) mass is 540 g/mol. The molecule has 1 fully saturated rings. The topological polar surface area (TPSA) is 154 Å². The van der Waals surface area contributed by atoms with Crippen LogP contribution < -0.4 is 16.1 Å². The molecule has 2 aromatic rings. The first-order chi connectivity index (χ1) is 18.5. The quantitative estimate of drug-likeness (QED) is 0.190. The van der Waals surface area contributed by atoms with Crippen LogP contribution in [0.3, 0.4) is 0 Å². The summed E-state index contributed by atoms with van der Waals surface area (Å²) in [7, 11) is 1.46. The fourth-order valence-electron chi connectivity index (χ4n) is 4.61. The van der Waals surface area contributed by atoms with Gasteiger partial charge in [0, 0.05) is 19.9 Å². The van der Waals surface area contributed by atoms with Crippen LogP contribution in [0.15, 0.2) is 42.5 Å². The van der Waals surface area contributed by atoms with E-state index in [0.717, 1.165) is 21.2 Å². The number of nitrogens with one attached hydrogen (secondary N) is 3. The highest BCUT2D eigenvalue weighted by atomic mass is 16.5. The summed E-state index contributed by atoms with van der Waals surface area (Å²) in [6.45, 7) is 5.06. The van der Waals surface area contributed by atoms with Crippen LogP contribution in [0.25, 0.3) is 10.8 Å². The predicted octanol–water partition coefficient (Wildman–Crippen LogP) is 1.32. The van der Waals surface area contributed by atoms with Crippen molar-refractivity contribution in [3.63, 3.8) is 0 Å². The van der Waals surface area contributed by atoms with E-state index in [1.807, 2.05) is 42.5 Å². The van der Waals surface area contributed by atoms with E-state index in [2.05, 4.69) is 10.6 Å². The molecule has 11 nitrogen and oxygen atoms in total. The molecule has 1 aliphatic heterocycles. The lowest BCUT2D eigenvalue weighted by Crippen LogP contribution is -2.57. The summed E-state index contributed by atoms with van der Waals surface area (Å²) < 4.78 is 5.77. The van der Waals surface area contributed by atoms with Gasteiger partial charge >= 0.3 is 0 Å². The lowest BCUT2D eigenvalue weighted by Gasteiger charge is -2.33. The Morgan fingerprint density at radius 3 is 2.21 bits per heavy atom. The second kappa shape index (κ2) is 12.8. The molecule has 0 spiro atoms. The number of hydrogen-bond acceptors (Lipinski definition) is 7. The minimum absolute atomic E-state index is 0.0426. The van der Waals surface area contributed by atoms with Gasteiger partial charge in [-0.2, -0.15) is 0 Å². The number of fused-ring (bicyclic) bond motifs is 1. The van der Waals surface area contributed by atoms with Gasteiger partial charge < -0.3 is 15.4 Å². The third-order valence-electron chi connectivity index (χ3n) is 6.77. The lowest BCUT2D eigenvalue weighted by molar-refractivity contribution is -0.152. The molecular weight excluding hydrogens is 504 g/mol. The number of hydroxylamine groups is 1. The van der Waals surface area contributed by atoms with E-state index >= 15 is 0 Å². The van der Waals surface area contributed by atoms with Crippen molar-refractivity contribution in [2.24, 2.45) is 11.3 Å². The highest BCUT2D eigenvalue weighted by Crippen LogP contribution is 2.24. The zero-order valence-electron chi connectivity index (χ0n) is 22.7. The van der Waals surface area contributed by atoms with Crippen molar-refractivity contribution in [3.05, 3.63) is 48.0 Å². The summed E-state index contributed by atoms with van der Waals surface area (Å²) >= 11 is 0. The Morgan fingerprint density at radius 1 is 0.974 bits per heavy atom. The maximum atomic E-state index is 13.7. The lowest BCUT2D eigenvalue weighted by atomic mass is 9.84. The first-order valence-electron chi connectivity index (χ1n) is 12.8. The van der Waals surface area contributed by atoms with Gasteiger partial charge in [0.25, 0.3) is 5.91 Å². The summed E-state index contributed by atoms with van der Waals surface area (Å²) in [5, 5.41) is 16.7. The number of likely N-dealkylation sites (N-methyl/N-ethyl adjacent to an activating group) is 1. The molecule has 1 heterocycles. The number of imide groups is 1. The molecule has 0 aromatic heterocycles. The Hall–Kier alpha value is -3.83. The molecule has 3 rings (SSSR count). The predicted molar refractivity (Wildman–Crippen MR) is 142 cm³/mol. The third-order valence-corrected chi connectivity index (χ3v) is 6.77. The van der Waals surface area contributed by atoms with Crippen molar-refractivity contribution in [1.29, 1.82) is 0 Å². The van der Waals surface area contributed by atoms with E-state index in [0.29, 0.717) is 0 Å². The molecule has 3 atom stereocenters. The molecule has 1 aliphatic rings. The second-order valence-electron chi connectivity index (χ2n) is 10.6. The fourth-order valence-corrected chi connectivity index (χ4v) is 4.61. The SMILES string of the molecule is CNC(=O)[C@@H](NC(=O)[C@H](Cc1ccc2ccccc2c1)[C@H](OCCN1C(=O)CCC1=O)C(=O)NO)C(C)(C)C. The summed E-state index contributed by atoms with van der Waals surface area (Å²) in [4.78, 5) is 64.1. The van der Waals surface area contributed by atoms with Gasteiger partial charge in [0.2, 0.25) is 23.6 Å². The van der Waals surface area contributed by atoms with Crippen molar-refractivity contribution in [3.8, 4) is 0 Å². The number of rotatable bonds is 11. The average Bonchev–Trinajstić information content (AvgIpc) is 3.23. The molecule has 0 unspecified atom stereocenters. The Bertz CT molecular complexity index is 1220. The summed E-state index contributed by atoms with van der Waals surface area (Å²) in [6, 6.07) is 12.4. The summed E-state index contributed by atoms with van der Waals surface area (Å²) in [5.74, 6) is -3.85. The van der Waals surface area contributed by atoms with Gasteiger partial charge in [0.05, 0.1) is 19.1 Å². The van der Waals surface area contributed by atoms with Gasteiger partial charge in [-0.3, -0.25) is 34.1 Å². The van der Waals surface area contributed by atoms with Crippen LogP contribution >= 0.6 is 0 Å². The molecule has 0 radical (unpaired) electrons. The molecule has 39 heavy (non-hydrogen) atoms. The van der Waals surface area contributed by atoms with Crippen LogP contribution in [0, 0.1) is 11.3 Å². The molecule has 5 amide bonds. The Kier molecular flexibility index (Phi) is 9.76. The number of carbonyl (C=O) groups is 5.